The highest BCUT2D eigenvalue weighted by atomic mass is 16.3. The van der Waals surface area contributed by atoms with Gasteiger partial charge in [0, 0.05) is 25.3 Å². The number of hydrogen-bond donors (Lipinski definition) is 2. The van der Waals surface area contributed by atoms with E-state index in [4.69, 9.17) is 10.2 Å². The lowest BCUT2D eigenvalue weighted by Gasteiger charge is -2.31. The van der Waals surface area contributed by atoms with Crippen molar-refractivity contribution in [1.82, 2.24) is 4.90 Å². The highest BCUT2D eigenvalue weighted by molar-refractivity contribution is 5.97. The van der Waals surface area contributed by atoms with E-state index >= 15 is 0 Å². The minimum absolute atomic E-state index is 0.0164. The molecule has 0 unspecified atom stereocenters. The van der Waals surface area contributed by atoms with E-state index in [1.54, 1.807) is 0 Å². The molecule has 2 rings (SSSR count). The van der Waals surface area contributed by atoms with Crippen LogP contribution in [0.15, 0.2) is 18.2 Å². The van der Waals surface area contributed by atoms with Gasteiger partial charge in [-0.1, -0.05) is 23.5 Å². The number of benzene rings is 1. The second-order valence-electron chi connectivity index (χ2n) is 5.43. The SMILES string of the molecule is Cc1ccc(C#CCO)c(C(=O)N2CCC(CO)CC2)c1. The van der Waals surface area contributed by atoms with Crippen LogP contribution >= 0.6 is 0 Å². The van der Waals surface area contributed by atoms with Crippen LogP contribution in [0.4, 0.5) is 0 Å². The summed E-state index contributed by atoms with van der Waals surface area (Å²) in [5, 5.41) is 18.0. The Morgan fingerprint density at radius 1 is 1.33 bits per heavy atom. The smallest absolute Gasteiger partial charge is 0.255 e. The Kier molecular flexibility index (Phi) is 5.38. The number of aliphatic hydroxyl groups excluding tert-OH is 2. The van der Waals surface area contributed by atoms with Gasteiger partial charge < -0.3 is 15.1 Å². The van der Waals surface area contributed by atoms with Crippen LogP contribution in [0.25, 0.3) is 0 Å². The molecule has 1 aliphatic rings. The van der Waals surface area contributed by atoms with Crippen molar-refractivity contribution in [3.05, 3.63) is 34.9 Å². The zero-order valence-electron chi connectivity index (χ0n) is 12.3. The minimum atomic E-state index is -0.219. The summed E-state index contributed by atoms with van der Waals surface area (Å²) < 4.78 is 0. The number of carbonyl (C=O) groups excluding carboxylic acids is 1. The molecule has 21 heavy (non-hydrogen) atoms. The summed E-state index contributed by atoms with van der Waals surface area (Å²) in [5.74, 6) is 5.73. The molecule has 2 N–H and O–H groups in total. The van der Waals surface area contributed by atoms with Crippen LogP contribution in [0.1, 0.15) is 34.3 Å². The standard InChI is InChI=1S/C17H21NO3/c1-13-4-5-15(3-2-10-19)16(11-13)17(21)18-8-6-14(12-20)7-9-18/h4-5,11,14,19-20H,6-10,12H2,1H3. The van der Waals surface area contributed by atoms with Crippen molar-refractivity contribution in [3.8, 4) is 11.8 Å². The van der Waals surface area contributed by atoms with Gasteiger partial charge in [0.2, 0.25) is 0 Å². The lowest BCUT2D eigenvalue weighted by molar-refractivity contribution is 0.0650. The summed E-state index contributed by atoms with van der Waals surface area (Å²) in [6, 6.07) is 5.59. The summed E-state index contributed by atoms with van der Waals surface area (Å²) >= 11 is 0. The number of hydrogen-bond acceptors (Lipinski definition) is 3. The fourth-order valence-electron chi connectivity index (χ4n) is 2.57. The Labute approximate surface area is 125 Å². The molecular formula is C17H21NO3. The minimum Gasteiger partial charge on any atom is -0.396 e. The molecule has 0 bridgehead atoms. The molecule has 0 radical (unpaired) electrons. The van der Waals surface area contributed by atoms with Gasteiger partial charge in [0.25, 0.3) is 5.91 Å². The van der Waals surface area contributed by atoms with E-state index in [0.29, 0.717) is 30.1 Å². The molecule has 1 saturated heterocycles. The summed E-state index contributed by atoms with van der Waals surface area (Å²) in [7, 11) is 0. The van der Waals surface area contributed by atoms with Gasteiger partial charge in [-0.05, 0) is 37.8 Å². The van der Waals surface area contributed by atoms with E-state index in [-0.39, 0.29) is 19.1 Å². The average molecular weight is 287 g/mol. The maximum atomic E-state index is 12.7. The van der Waals surface area contributed by atoms with Crippen LogP contribution in [0.5, 0.6) is 0 Å². The van der Waals surface area contributed by atoms with E-state index in [2.05, 4.69) is 11.8 Å². The Bertz CT molecular complexity index is 563. The summed E-state index contributed by atoms with van der Waals surface area (Å²) in [6.45, 7) is 3.26. The van der Waals surface area contributed by atoms with Crippen LogP contribution in [0.3, 0.4) is 0 Å². The third-order valence-electron chi connectivity index (χ3n) is 3.87. The van der Waals surface area contributed by atoms with E-state index < -0.39 is 0 Å². The second kappa shape index (κ2) is 7.26. The molecule has 4 nitrogen and oxygen atoms in total. The fourth-order valence-corrected chi connectivity index (χ4v) is 2.57. The normalized spacial score (nSPS) is 15.5. The first kappa shape index (κ1) is 15.6. The van der Waals surface area contributed by atoms with Crippen LogP contribution in [-0.4, -0.2) is 47.3 Å². The van der Waals surface area contributed by atoms with Crippen molar-refractivity contribution in [2.24, 2.45) is 5.92 Å². The lowest BCUT2D eigenvalue weighted by atomic mass is 9.96. The van der Waals surface area contributed by atoms with Crippen LogP contribution < -0.4 is 0 Å². The Balaban J connectivity index is 2.20. The van der Waals surface area contributed by atoms with E-state index in [1.807, 2.05) is 30.0 Å². The fraction of sp³-hybridized carbons (Fsp3) is 0.471. The molecule has 0 aliphatic carbocycles. The zero-order chi connectivity index (χ0) is 15.2. The largest absolute Gasteiger partial charge is 0.396 e. The van der Waals surface area contributed by atoms with E-state index in [1.165, 1.54) is 0 Å². The van der Waals surface area contributed by atoms with Gasteiger partial charge in [0.1, 0.15) is 6.61 Å². The molecule has 4 heteroatoms. The highest BCUT2D eigenvalue weighted by Gasteiger charge is 2.24. The third-order valence-corrected chi connectivity index (χ3v) is 3.87. The first-order valence-corrected chi connectivity index (χ1v) is 7.26. The molecule has 1 heterocycles. The number of aliphatic hydroxyl groups is 2. The highest BCUT2D eigenvalue weighted by Crippen LogP contribution is 2.20. The molecule has 112 valence electrons. The molecular weight excluding hydrogens is 266 g/mol. The van der Waals surface area contributed by atoms with E-state index in [9.17, 15) is 4.79 Å². The first-order chi connectivity index (χ1) is 10.2. The van der Waals surface area contributed by atoms with Gasteiger partial charge in [0.05, 0.1) is 5.56 Å². The predicted molar refractivity (Wildman–Crippen MR) is 80.9 cm³/mol. The van der Waals surface area contributed by atoms with Crippen molar-refractivity contribution in [3.63, 3.8) is 0 Å². The number of aryl methyl sites for hydroxylation is 1. The van der Waals surface area contributed by atoms with Crippen molar-refractivity contribution in [2.75, 3.05) is 26.3 Å². The Hall–Kier alpha value is -1.83. The predicted octanol–water partition coefficient (Wildman–Crippen LogP) is 1.18. The molecule has 1 fully saturated rings. The van der Waals surface area contributed by atoms with Crippen molar-refractivity contribution >= 4 is 5.91 Å². The van der Waals surface area contributed by atoms with Gasteiger partial charge in [0.15, 0.2) is 0 Å². The first-order valence-electron chi connectivity index (χ1n) is 7.26. The monoisotopic (exact) mass is 287 g/mol. The Morgan fingerprint density at radius 3 is 2.67 bits per heavy atom. The number of rotatable bonds is 2. The quantitative estimate of drug-likeness (QED) is 0.803. The van der Waals surface area contributed by atoms with Crippen molar-refractivity contribution in [2.45, 2.75) is 19.8 Å². The Morgan fingerprint density at radius 2 is 2.05 bits per heavy atom. The number of carbonyl (C=O) groups is 1. The number of amides is 1. The average Bonchev–Trinajstić information content (AvgIpc) is 2.53. The molecule has 1 aliphatic heterocycles. The summed E-state index contributed by atoms with van der Waals surface area (Å²) in [6.07, 6.45) is 1.68. The van der Waals surface area contributed by atoms with Gasteiger partial charge in [-0.25, -0.2) is 0 Å². The maximum absolute atomic E-state index is 12.7. The molecule has 1 aromatic carbocycles. The van der Waals surface area contributed by atoms with Crippen LogP contribution in [-0.2, 0) is 0 Å². The molecule has 1 amide bonds. The number of likely N-dealkylation sites (tertiary alicyclic amines) is 1. The van der Waals surface area contributed by atoms with Gasteiger partial charge in [-0.3, -0.25) is 4.79 Å². The molecule has 1 aromatic rings. The zero-order valence-corrected chi connectivity index (χ0v) is 12.3. The second-order valence-corrected chi connectivity index (χ2v) is 5.43. The summed E-state index contributed by atoms with van der Waals surface area (Å²) in [5.41, 5.74) is 2.26. The summed E-state index contributed by atoms with van der Waals surface area (Å²) in [4.78, 5) is 14.5. The van der Waals surface area contributed by atoms with Crippen molar-refractivity contribution < 1.29 is 15.0 Å². The van der Waals surface area contributed by atoms with Gasteiger partial charge in [-0.2, -0.15) is 0 Å². The molecule has 0 atom stereocenters. The number of nitrogens with zero attached hydrogens (tertiary/aromatic N) is 1. The van der Waals surface area contributed by atoms with Crippen molar-refractivity contribution in [1.29, 1.82) is 0 Å². The van der Waals surface area contributed by atoms with Gasteiger partial charge >= 0.3 is 0 Å². The molecule has 0 spiro atoms. The van der Waals surface area contributed by atoms with Gasteiger partial charge in [-0.15, -0.1) is 0 Å². The number of piperidine rings is 1. The molecule has 0 aromatic heterocycles. The lowest BCUT2D eigenvalue weighted by Crippen LogP contribution is -2.39. The molecule has 0 saturated carbocycles. The van der Waals surface area contributed by atoms with Crippen LogP contribution in [0.2, 0.25) is 0 Å². The van der Waals surface area contributed by atoms with E-state index in [0.717, 1.165) is 18.4 Å². The third kappa shape index (κ3) is 3.84. The maximum Gasteiger partial charge on any atom is 0.255 e. The van der Waals surface area contributed by atoms with Crippen LogP contribution in [0, 0.1) is 24.7 Å². The topological polar surface area (TPSA) is 60.8 Å².